The zero-order valence-corrected chi connectivity index (χ0v) is 17.6. The lowest BCUT2D eigenvalue weighted by molar-refractivity contribution is -0.118. The van der Waals surface area contributed by atoms with Crippen LogP contribution in [0.2, 0.25) is 0 Å². The molecule has 0 saturated heterocycles. The van der Waals surface area contributed by atoms with Crippen molar-refractivity contribution >= 4 is 5.91 Å². The minimum absolute atomic E-state index is 0.0294. The maximum absolute atomic E-state index is 11.5. The number of ether oxygens (including phenoxy) is 1. The van der Waals surface area contributed by atoms with Gasteiger partial charge in [-0.1, -0.05) is 44.2 Å². The molecule has 1 atom stereocenters. The Kier molecular flexibility index (Phi) is 6.83. The number of carbonyl (C=O) groups is 1. The fourth-order valence-electron chi connectivity index (χ4n) is 4.59. The Bertz CT molecular complexity index is 829. The van der Waals surface area contributed by atoms with E-state index < -0.39 is 0 Å². The molecule has 0 radical (unpaired) electrons. The molecule has 1 aliphatic rings. The van der Waals surface area contributed by atoms with Crippen LogP contribution in [0.1, 0.15) is 68.6 Å². The summed E-state index contributed by atoms with van der Waals surface area (Å²) in [6, 6.07) is 14.3. The average Bonchev–Trinajstić information content (AvgIpc) is 2.63. The normalized spacial score (nSPS) is 17.5. The zero-order chi connectivity index (χ0) is 20.9. The van der Waals surface area contributed by atoms with Gasteiger partial charge in [-0.2, -0.15) is 0 Å². The zero-order valence-electron chi connectivity index (χ0n) is 17.6. The second-order valence-corrected chi connectivity index (χ2v) is 9.07. The molecule has 0 spiro atoms. The number of primary amides is 1. The van der Waals surface area contributed by atoms with Gasteiger partial charge in [0.15, 0.2) is 0 Å². The van der Waals surface area contributed by atoms with Gasteiger partial charge in [-0.15, -0.1) is 0 Å². The maximum atomic E-state index is 11.5. The summed E-state index contributed by atoms with van der Waals surface area (Å²) in [5.41, 5.74) is 8.84. The molecule has 29 heavy (non-hydrogen) atoms. The number of phenolic OH excluding ortho intramolecular Hbond substituents is 1. The van der Waals surface area contributed by atoms with Crippen molar-refractivity contribution in [1.29, 1.82) is 0 Å². The van der Waals surface area contributed by atoms with E-state index >= 15 is 0 Å². The Balaban J connectivity index is 1.56. The molecule has 1 aliphatic carbocycles. The number of nitrogens with two attached hydrogens (primary N) is 1. The van der Waals surface area contributed by atoms with Gasteiger partial charge >= 0.3 is 0 Å². The third-order valence-corrected chi connectivity index (χ3v) is 5.76. The van der Waals surface area contributed by atoms with Gasteiger partial charge in [-0.25, -0.2) is 0 Å². The molecule has 0 fully saturated rings. The lowest BCUT2D eigenvalue weighted by Crippen LogP contribution is -2.28. The predicted molar refractivity (Wildman–Crippen MR) is 116 cm³/mol. The van der Waals surface area contributed by atoms with Crippen LogP contribution in [0, 0.1) is 5.41 Å². The Labute approximate surface area is 174 Å². The van der Waals surface area contributed by atoms with E-state index in [0.717, 1.165) is 49.7 Å². The van der Waals surface area contributed by atoms with E-state index in [-0.39, 0.29) is 29.4 Å². The summed E-state index contributed by atoms with van der Waals surface area (Å²) < 4.78 is 5.94. The number of aromatic hydroxyl groups is 1. The summed E-state index contributed by atoms with van der Waals surface area (Å²) in [4.78, 5) is 11.5. The van der Waals surface area contributed by atoms with Crippen LogP contribution in [0.25, 0.3) is 0 Å². The van der Waals surface area contributed by atoms with E-state index in [9.17, 15) is 9.90 Å². The number of aryl methyl sites for hydroxylation is 1. The van der Waals surface area contributed by atoms with Crippen molar-refractivity contribution in [1.82, 2.24) is 0 Å². The van der Waals surface area contributed by atoms with E-state index in [1.54, 1.807) is 6.07 Å². The Hall–Kier alpha value is -2.49. The van der Waals surface area contributed by atoms with E-state index in [0.29, 0.717) is 12.4 Å². The SMILES string of the molecule is CC1(C)Cc2cc(OCCCCCc3ccccc3)cc(O)c2C(CC(N)=O)C1. The highest BCUT2D eigenvalue weighted by atomic mass is 16.5. The number of unbranched alkanes of at least 4 members (excludes halogenated alkanes) is 2. The monoisotopic (exact) mass is 395 g/mol. The van der Waals surface area contributed by atoms with Crippen LogP contribution in [0.4, 0.5) is 0 Å². The van der Waals surface area contributed by atoms with Crippen LogP contribution < -0.4 is 10.5 Å². The van der Waals surface area contributed by atoms with Crippen molar-refractivity contribution in [2.75, 3.05) is 6.61 Å². The number of phenols is 1. The van der Waals surface area contributed by atoms with Crippen molar-refractivity contribution < 1.29 is 14.6 Å². The van der Waals surface area contributed by atoms with Gasteiger partial charge in [0.2, 0.25) is 5.91 Å². The summed E-state index contributed by atoms with van der Waals surface area (Å²) in [7, 11) is 0. The highest BCUT2D eigenvalue weighted by Gasteiger charge is 2.35. The Morgan fingerprint density at radius 3 is 2.66 bits per heavy atom. The fourth-order valence-corrected chi connectivity index (χ4v) is 4.59. The van der Waals surface area contributed by atoms with Crippen LogP contribution in [-0.2, 0) is 17.6 Å². The van der Waals surface area contributed by atoms with Crippen molar-refractivity contribution in [2.45, 2.75) is 64.7 Å². The first-order chi connectivity index (χ1) is 13.8. The smallest absolute Gasteiger partial charge is 0.218 e. The number of carbonyl (C=O) groups excluding carboxylic acids is 1. The summed E-state index contributed by atoms with van der Waals surface area (Å²) in [6.45, 7) is 5.03. The molecule has 156 valence electrons. The van der Waals surface area contributed by atoms with Crippen LogP contribution >= 0.6 is 0 Å². The molecule has 0 bridgehead atoms. The van der Waals surface area contributed by atoms with Crippen LogP contribution in [0.5, 0.6) is 11.5 Å². The minimum Gasteiger partial charge on any atom is -0.508 e. The molecule has 4 nitrogen and oxygen atoms in total. The topological polar surface area (TPSA) is 72.6 Å². The number of rotatable bonds is 9. The highest BCUT2D eigenvalue weighted by Crippen LogP contribution is 2.48. The largest absolute Gasteiger partial charge is 0.508 e. The maximum Gasteiger partial charge on any atom is 0.218 e. The fraction of sp³-hybridized carbons (Fsp3) is 0.480. The molecule has 2 aromatic rings. The number of fused-ring (bicyclic) bond motifs is 1. The summed E-state index contributed by atoms with van der Waals surface area (Å²) in [6.07, 6.45) is 6.31. The van der Waals surface area contributed by atoms with Crippen molar-refractivity contribution in [3.63, 3.8) is 0 Å². The van der Waals surface area contributed by atoms with Crippen LogP contribution in [0.3, 0.4) is 0 Å². The summed E-state index contributed by atoms with van der Waals surface area (Å²) in [5, 5.41) is 10.6. The first-order valence-corrected chi connectivity index (χ1v) is 10.6. The van der Waals surface area contributed by atoms with Crippen LogP contribution in [-0.4, -0.2) is 17.6 Å². The van der Waals surface area contributed by atoms with Crippen LogP contribution in [0.15, 0.2) is 42.5 Å². The molecule has 0 aromatic heterocycles. The van der Waals surface area contributed by atoms with E-state index in [1.165, 1.54) is 5.56 Å². The van der Waals surface area contributed by atoms with Gasteiger partial charge in [-0.3, -0.25) is 4.79 Å². The average molecular weight is 396 g/mol. The Morgan fingerprint density at radius 1 is 1.17 bits per heavy atom. The molecule has 0 saturated carbocycles. The summed E-state index contributed by atoms with van der Waals surface area (Å²) >= 11 is 0. The van der Waals surface area contributed by atoms with E-state index in [1.807, 2.05) is 12.1 Å². The molecule has 1 amide bonds. The molecule has 0 aliphatic heterocycles. The molecule has 2 aromatic carbocycles. The van der Waals surface area contributed by atoms with E-state index in [4.69, 9.17) is 10.5 Å². The molecular weight excluding hydrogens is 362 g/mol. The first-order valence-electron chi connectivity index (χ1n) is 10.6. The quantitative estimate of drug-likeness (QED) is 0.579. The highest BCUT2D eigenvalue weighted by molar-refractivity contribution is 5.75. The molecule has 3 rings (SSSR count). The van der Waals surface area contributed by atoms with Gasteiger partial charge in [-0.05, 0) is 67.1 Å². The number of hydrogen-bond donors (Lipinski definition) is 2. The molecule has 4 heteroatoms. The van der Waals surface area contributed by atoms with Crippen molar-refractivity contribution in [2.24, 2.45) is 11.1 Å². The third-order valence-electron chi connectivity index (χ3n) is 5.76. The lowest BCUT2D eigenvalue weighted by Gasteiger charge is -2.37. The molecule has 1 unspecified atom stereocenters. The summed E-state index contributed by atoms with van der Waals surface area (Å²) in [5.74, 6) is 0.579. The molecule has 3 N–H and O–H groups in total. The first kappa shape index (κ1) is 21.2. The second-order valence-electron chi connectivity index (χ2n) is 9.07. The van der Waals surface area contributed by atoms with Crippen molar-refractivity contribution in [3.05, 3.63) is 59.2 Å². The van der Waals surface area contributed by atoms with Gasteiger partial charge < -0.3 is 15.6 Å². The molecule has 0 heterocycles. The van der Waals surface area contributed by atoms with Gasteiger partial charge in [0.1, 0.15) is 11.5 Å². The second kappa shape index (κ2) is 9.34. The van der Waals surface area contributed by atoms with Gasteiger partial charge in [0.25, 0.3) is 0 Å². The minimum atomic E-state index is -0.325. The third kappa shape index (κ3) is 5.99. The number of amides is 1. The lowest BCUT2D eigenvalue weighted by atomic mass is 9.68. The predicted octanol–water partition coefficient (Wildman–Crippen LogP) is 5.12. The van der Waals surface area contributed by atoms with Gasteiger partial charge in [0, 0.05) is 18.1 Å². The number of hydrogen-bond acceptors (Lipinski definition) is 3. The van der Waals surface area contributed by atoms with E-state index in [2.05, 4.69) is 38.1 Å². The van der Waals surface area contributed by atoms with Gasteiger partial charge in [0.05, 0.1) is 6.61 Å². The number of benzene rings is 2. The molecular formula is C25H33NO3. The standard InChI is InChI=1S/C25H33NO3/c1-25(2)16-19-13-21(15-22(27)24(19)20(17-25)14-23(26)28)29-12-8-4-7-11-18-9-5-3-6-10-18/h3,5-6,9-10,13,15,20,27H,4,7-8,11-12,14,16-17H2,1-2H3,(H2,26,28). The van der Waals surface area contributed by atoms with Crippen molar-refractivity contribution in [3.8, 4) is 11.5 Å². The Morgan fingerprint density at radius 2 is 1.93 bits per heavy atom.